The number of carbonyl (C=O) groups is 4. The molecule has 2 aromatic carbocycles. The molecule has 0 spiro atoms. The Hall–Kier alpha value is -3.68. The van der Waals surface area contributed by atoms with E-state index < -0.39 is 23.9 Å². The zero-order chi connectivity index (χ0) is 21.1. The summed E-state index contributed by atoms with van der Waals surface area (Å²) in [4.78, 5) is 44.5. The van der Waals surface area contributed by atoms with Gasteiger partial charge in [-0.05, 0) is 36.4 Å². The van der Waals surface area contributed by atoms with Gasteiger partial charge in [-0.15, -0.1) is 0 Å². The average Bonchev–Trinajstić information content (AvgIpc) is 2.77. The summed E-state index contributed by atoms with van der Waals surface area (Å²) < 4.78 is 18.1. The van der Waals surface area contributed by atoms with Gasteiger partial charge in [0.2, 0.25) is 0 Å². The Balaban J connectivity index is 0.000000280. The van der Waals surface area contributed by atoms with Gasteiger partial charge in [0, 0.05) is 0 Å². The van der Waals surface area contributed by atoms with E-state index in [2.05, 4.69) is 18.9 Å². The first-order valence-electron chi connectivity index (χ1n) is 7.91. The molecule has 28 heavy (non-hydrogen) atoms. The van der Waals surface area contributed by atoms with Crippen molar-refractivity contribution in [1.29, 1.82) is 0 Å². The van der Waals surface area contributed by atoms with Crippen LogP contribution in [0, 0.1) is 0 Å². The van der Waals surface area contributed by atoms with Gasteiger partial charge in [0.05, 0.1) is 50.7 Å². The lowest BCUT2D eigenvalue weighted by molar-refractivity contribution is 0.0555. The minimum Gasteiger partial charge on any atom is -0.465 e. The van der Waals surface area contributed by atoms with Crippen molar-refractivity contribution in [1.82, 2.24) is 0 Å². The molecule has 8 nitrogen and oxygen atoms in total. The average molecular weight is 388 g/mol. The van der Waals surface area contributed by atoms with Crippen LogP contribution in [0.2, 0.25) is 0 Å². The Morgan fingerprint density at radius 1 is 0.500 bits per heavy atom. The van der Waals surface area contributed by atoms with Crippen molar-refractivity contribution < 1.29 is 38.1 Å². The summed E-state index contributed by atoms with van der Waals surface area (Å²) in [6, 6.07) is 12.4. The molecule has 0 bridgehead atoms. The molecular formula is C20H20O8. The Labute approximate surface area is 162 Å². The number of esters is 4. The molecule has 148 valence electrons. The number of benzene rings is 2. The molecule has 0 aromatic heterocycles. The second kappa shape index (κ2) is 11.1. The molecule has 0 atom stereocenters. The van der Waals surface area contributed by atoms with Crippen molar-refractivity contribution in [3.63, 3.8) is 0 Å². The van der Waals surface area contributed by atoms with Crippen LogP contribution < -0.4 is 0 Å². The standard InChI is InChI=1S/2C10H10O4/c1-13-9(11)7-3-5-8(6-4-7)10(12)14-2;1-13-9(11)7-5-3-4-6-8(7)10(12)14-2/h2*3-6H,1-2H3. The molecular weight excluding hydrogens is 368 g/mol. The topological polar surface area (TPSA) is 105 Å². The highest BCUT2D eigenvalue weighted by atomic mass is 16.5. The number of carbonyl (C=O) groups excluding carboxylic acids is 4. The van der Waals surface area contributed by atoms with E-state index in [0.29, 0.717) is 11.1 Å². The molecule has 2 rings (SSSR count). The highest BCUT2D eigenvalue weighted by molar-refractivity contribution is 6.03. The van der Waals surface area contributed by atoms with Crippen molar-refractivity contribution in [2.24, 2.45) is 0 Å². The van der Waals surface area contributed by atoms with Gasteiger partial charge in [0.1, 0.15) is 0 Å². The molecule has 0 aliphatic rings. The van der Waals surface area contributed by atoms with Crippen LogP contribution in [-0.2, 0) is 18.9 Å². The molecule has 0 saturated carbocycles. The second-order valence-electron chi connectivity index (χ2n) is 5.09. The molecule has 0 saturated heterocycles. The van der Waals surface area contributed by atoms with Gasteiger partial charge in [-0.3, -0.25) is 0 Å². The van der Waals surface area contributed by atoms with Gasteiger partial charge in [-0.1, -0.05) is 12.1 Å². The maximum atomic E-state index is 11.2. The molecule has 2 aromatic rings. The Morgan fingerprint density at radius 3 is 1.04 bits per heavy atom. The Kier molecular flexibility index (Phi) is 8.88. The fraction of sp³-hybridized carbons (Fsp3) is 0.200. The summed E-state index contributed by atoms with van der Waals surface area (Å²) in [7, 11) is 5.12. The maximum absolute atomic E-state index is 11.2. The predicted molar refractivity (Wildman–Crippen MR) is 98.2 cm³/mol. The Morgan fingerprint density at radius 2 is 0.786 bits per heavy atom. The second-order valence-corrected chi connectivity index (χ2v) is 5.09. The lowest BCUT2D eigenvalue weighted by Gasteiger charge is -2.04. The van der Waals surface area contributed by atoms with Gasteiger partial charge < -0.3 is 18.9 Å². The van der Waals surface area contributed by atoms with E-state index in [0.717, 1.165) is 0 Å². The number of methoxy groups -OCH3 is 4. The number of rotatable bonds is 4. The first-order chi connectivity index (χ1) is 13.4. The molecule has 0 amide bonds. The van der Waals surface area contributed by atoms with Crippen LogP contribution >= 0.6 is 0 Å². The molecule has 8 heteroatoms. The van der Waals surface area contributed by atoms with Crippen molar-refractivity contribution >= 4 is 23.9 Å². The summed E-state index contributed by atoms with van der Waals surface area (Å²) in [6.07, 6.45) is 0. The predicted octanol–water partition coefficient (Wildman–Crippen LogP) is 2.52. The molecule has 0 aliphatic heterocycles. The summed E-state index contributed by atoms with van der Waals surface area (Å²) >= 11 is 0. The van der Waals surface area contributed by atoms with Crippen LogP contribution in [0.4, 0.5) is 0 Å². The minimum atomic E-state index is -0.550. The lowest BCUT2D eigenvalue weighted by Crippen LogP contribution is -2.11. The third-order valence-corrected chi connectivity index (χ3v) is 3.46. The van der Waals surface area contributed by atoms with Gasteiger partial charge in [-0.25, -0.2) is 19.2 Å². The molecule has 0 unspecified atom stereocenters. The van der Waals surface area contributed by atoms with E-state index in [9.17, 15) is 19.2 Å². The van der Waals surface area contributed by atoms with Crippen LogP contribution in [0.5, 0.6) is 0 Å². The smallest absolute Gasteiger partial charge is 0.338 e. The van der Waals surface area contributed by atoms with Gasteiger partial charge >= 0.3 is 23.9 Å². The quantitative estimate of drug-likeness (QED) is 0.581. The third kappa shape index (κ3) is 5.94. The fourth-order valence-corrected chi connectivity index (χ4v) is 2.04. The zero-order valence-electron chi connectivity index (χ0n) is 15.9. The summed E-state index contributed by atoms with van der Waals surface area (Å²) in [5, 5.41) is 0. The van der Waals surface area contributed by atoms with Crippen LogP contribution in [0.1, 0.15) is 41.4 Å². The SMILES string of the molecule is COC(=O)c1ccc(C(=O)OC)cc1.COC(=O)c1ccccc1C(=O)OC. The molecule has 0 radical (unpaired) electrons. The lowest BCUT2D eigenvalue weighted by atomic mass is 10.1. The van der Waals surface area contributed by atoms with Crippen LogP contribution in [0.25, 0.3) is 0 Å². The van der Waals surface area contributed by atoms with Crippen molar-refractivity contribution in [3.8, 4) is 0 Å². The van der Waals surface area contributed by atoms with Gasteiger partial charge in [0.25, 0.3) is 0 Å². The monoisotopic (exact) mass is 388 g/mol. The number of ether oxygens (including phenoxy) is 4. The third-order valence-electron chi connectivity index (χ3n) is 3.46. The summed E-state index contributed by atoms with van der Waals surface area (Å²) in [5.41, 5.74) is 1.23. The zero-order valence-corrected chi connectivity index (χ0v) is 15.9. The van der Waals surface area contributed by atoms with Crippen LogP contribution in [-0.4, -0.2) is 52.3 Å². The van der Waals surface area contributed by atoms with E-state index in [-0.39, 0.29) is 11.1 Å². The largest absolute Gasteiger partial charge is 0.465 e. The van der Waals surface area contributed by atoms with Crippen molar-refractivity contribution in [2.45, 2.75) is 0 Å². The Bertz CT molecular complexity index is 770. The first-order valence-corrected chi connectivity index (χ1v) is 7.91. The molecule has 0 N–H and O–H groups in total. The van der Waals surface area contributed by atoms with Gasteiger partial charge in [0.15, 0.2) is 0 Å². The molecule has 0 fully saturated rings. The van der Waals surface area contributed by atoms with Crippen LogP contribution in [0.15, 0.2) is 48.5 Å². The highest BCUT2D eigenvalue weighted by Gasteiger charge is 2.16. The van der Waals surface area contributed by atoms with Crippen molar-refractivity contribution in [3.05, 3.63) is 70.8 Å². The van der Waals surface area contributed by atoms with Gasteiger partial charge in [-0.2, -0.15) is 0 Å². The van der Waals surface area contributed by atoms with E-state index in [4.69, 9.17) is 0 Å². The minimum absolute atomic E-state index is 0.210. The van der Waals surface area contributed by atoms with E-state index >= 15 is 0 Å². The summed E-state index contributed by atoms with van der Waals surface area (Å²) in [5.74, 6) is -1.96. The normalized spacial score (nSPS) is 9.29. The van der Waals surface area contributed by atoms with E-state index in [1.54, 1.807) is 12.1 Å². The molecule has 0 heterocycles. The molecule has 0 aliphatic carbocycles. The number of hydrogen-bond acceptors (Lipinski definition) is 8. The highest BCUT2D eigenvalue weighted by Crippen LogP contribution is 2.11. The fourth-order valence-electron chi connectivity index (χ4n) is 2.04. The maximum Gasteiger partial charge on any atom is 0.338 e. The van der Waals surface area contributed by atoms with Crippen molar-refractivity contribution in [2.75, 3.05) is 28.4 Å². The summed E-state index contributed by atoms with van der Waals surface area (Å²) in [6.45, 7) is 0. The van der Waals surface area contributed by atoms with Crippen LogP contribution in [0.3, 0.4) is 0 Å². The van der Waals surface area contributed by atoms with E-state index in [1.807, 2.05) is 0 Å². The number of hydrogen-bond donors (Lipinski definition) is 0. The first kappa shape index (κ1) is 22.4. The van der Waals surface area contributed by atoms with E-state index in [1.165, 1.54) is 64.8 Å².